The Morgan fingerprint density at radius 1 is 1.32 bits per heavy atom. The maximum Gasteiger partial charge on any atom is 0.221 e. The largest absolute Gasteiger partial charge is 0.356 e. The fourth-order valence-corrected chi connectivity index (χ4v) is 3.28. The topological polar surface area (TPSA) is 84.4 Å². The highest BCUT2D eigenvalue weighted by Crippen LogP contribution is 2.23. The molecule has 1 unspecified atom stereocenters. The van der Waals surface area contributed by atoms with E-state index < -0.39 is 0 Å². The van der Waals surface area contributed by atoms with Crippen molar-refractivity contribution in [1.29, 1.82) is 0 Å². The number of carbonyl (C=O) groups is 1. The Bertz CT molecular complexity index is 671. The van der Waals surface area contributed by atoms with Crippen molar-refractivity contribution in [3.05, 3.63) is 42.1 Å². The Balaban J connectivity index is 1.60. The third-order valence-electron chi connectivity index (χ3n) is 4.64. The maximum absolute atomic E-state index is 11.7. The first-order chi connectivity index (χ1) is 12.3. The molecule has 1 fully saturated rings. The molecule has 1 saturated heterocycles. The van der Waals surface area contributed by atoms with E-state index in [4.69, 9.17) is 10.3 Å². The van der Waals surface area contributed by atoms with Gasteiger partial charge in [-0.2, -0.15) is 0 Å². The molecule has 1 amide bonds. The van der Waals surface area contributed by atoms with Gasteiger partial charge in [-0.05, 0) is 19.4 Å². The van der Waals surface area contributed by atoms with Gasteiger partial charge in [-0.15, -0.1) is 0 Å². The molecule has 1 aromatic heterocycles. The van der Waals surface area contributed by atoms with Crippen molar-refractivity contribution in [2.45, 2.75) is 38.3 Å². The third kappa shape index (κ3) is 4.90. The highest BCUT2D eigenvalue weighted by Gasteiger charge is 2.24. The lowest BCUT2D eigenvalue weighted by Crippen LogP contribution is -2.46. The number of piperidine rings is 1. The molecule has 0 spiro atoms. The predicted octanol–water partition coefficient (Wildman–Crippen LogP) is 2.16. The number of aromatic nitrogens is 1. The average molecular weight is 342 g/mol. The van der Waals surface area contributed by atoms with E-state index in [0.717, 1.165) is 36.5 Å². The van der Waals surface area contributed by atoms with Gasteiger partial charge in [0, 0.05) is 43.7 Å². The van der Waals surface area contributed by atoms with Crippen LogP contribution in [-0.2, 0) is 11.3 Å². The zero-order valence-electron chi connectivity index (χ0n) is 14.5. The highest BCUT2D eigenvalue weighted by atomic mass is 16.5. The number of benzene rings is 1. The lowest BCUT2D eigenvalue weighted by atomic mass is 10.0. The van der Waals surface area contributed by atoms with Crippen LogP contribution in [0.3, 0.4) is 0 Å². The fourth-order valence-electron chi connectivity index (χ4n) is 3.28. The van der Waals surface area contributed by atoms with Crippen molar-refractivity contribution >= 4 is 5.91 Å². The van der Waals surface area contributed by atoms with Gasteiger partial charge in [0.25, 0.3) is 0 Å². The van der Waals surface area contributed by atoms with E-state index in [1.807, 2.05) is 36.4 Å². The number of amides is 1. The van der Waals surface area contributed by atoms with Gasteiger partial charge >= 0.3 is 0 Å². The molecule has 0 saturated carbocycles. The quantitative estimate of drug-likeness (QED) is 0.805. The van der Waals surface area contributed by atoms with Crippen LogP contribution in [0.15, 0.2) is 40.9 Å². The maximum atomic E-state index is 11.7. The molecule has 6 nitrogen and oxygen atoms in total. The summed E-state index contributed by atoms with van der Waals surface area (Å²) in [6, 6.07) is 12.3. The van der Waals surface area contributed by atoms with E-state index in [0.29, 0.717) is 25.6 Å². The first-order valence-corrected chi connectivity index (χ1v) is 8.98. The minimum Gasteiger partial charge on any atom is -0.356 e. The molecule has 3 rings (SSSR count). The van der Waals surface area contributed by atoms with Gasteiger partial charge in [-0.3, -0.25) is 9.69 Å². The van der Waals surface area contributed by atoms with Crippen LogP contribution < -0.4 is 11.1 Å². The molecule has 0 bridgehead atoms. The second-order valence-corrected chi connectivity index (χ2v) is 6.51. The first-order valence-electron chi connectivity index (χ1n) is 8.98. The Kier molecular flexibility index (Phi) is 6.19. The molecule has 1 aliphatic heterocycles. The molecule has 25 heavy (non-hydrogen) atoms. The monoisotopic (exact) mass is 342 g/mol. The van der Waals surface area contributed by atoms with Gasteiger partial charge in [0.15, 0.2) is 5.76 Å². The van der Waals surface area contributed by atoms with Crippen LogP contribution in [-0.4, -0.2) is 41.6 Å². The summed E-state index contributed by atoms with van der Waals surface area (Å²) in [7, 11) is 0. The van der Waals surface area contributed by atoms with Crippen LogP contribution in [0.5, 0.6) is 0 Å². The molecule has 0 aliphatic carbocycles. The standard InChI is InChI=1S/C19H26N4O2/c20-10-9-19(24)21-13-17-8-4-5-11-23(17)14-16-12-18(25-22-16)15-6-2-1-3-7-15/h1-3,6-7,12,17H,4-5,8-11,13-14,20H2,(H,21,24). The zero-order valence-corrected chi connectivity index (χ0v) is 14.5. The summed E-state index contributed by atoms with van der Waals surface area (Å²) < 4.78 is 5.50. The van der Waals surface area contributed by atoms with E-state index in [1.165, 1.54) is 12.8 Å². The molecule has 0 radical (unpaired) electrons. The summed E-state index contributed by atoms with van der Waals surface area (Å²) >= 11 is 0. The summed E-state index contributed by atoms with van der Waals surface area (Å²) in [6.45, 7) is 2.82. The Morgan fingerprint density at radius 3 is 2.96 bits per heavy atom. The molecular formula is C19H26N4O2. The number of nitrogens with zero attached hydrogens (tertiary/aromatic N) is 2. The summed E-state index contributed by atoms with van der Waals surface area (Å²) in [6.07, 6.45) is 3.85. The Morgan fingerprint density at radius 2 is 2.16 bits per heavy atom. The number of carbonyl (C=O) groups excluding carboxylic acids is 1. The molecule has 6 heteroatoms. The van der Waals surface area contributed by atoms with Crippen molar-refractivity contribution in [3.8, 4) is 11.3 Å². The molecule has 1 aromatic carbocycles. The van der Waals surface area contributed by atoms with Crippen molar-refractivity contribution in [3.63, 3.8) is 0 Å². The van der Waals surface area contributed by atoms with Gasteiger partial charge in [-0.1, -0.05) is 41.9 Å². The summed E-state index contributed by atoms with van der Waals surface area (Å²) in [4.78, 5) is 14.1. The molecule has 2 aromatic rings. The zero-order chi connectivity index (χ0) is 17.5. The third-order valence-corrected chi connectivity index (χ3v) is 4.64. The van der Waals surface area contributed by atoms with E-state index >= 15 is 0 Å². The number of likely N-dealkylation sites (tertiary alicyclic amines) is 1. The molecule has 134 valence electrons. The number of nitrogens with one attached hydrogen (secondary N) is 1. The molecule has 2 heterocycles. The summed E-state index contributed by atoms with van der Waals surface area (Å²) in [5.41, 5.74) is 7.39. The normalized spacial score (nSPS) is 18.2. The van der Waals surface area contributed by atoms with E-state index in [2.05, 4.69) is 15.4 Å². The lowest BCUT2D eigenvalue weighted by molar-refractivity contribution is -0.121. The average Bonchev–Trinajstić information content (AvgIpc) is 3.11. The SMILES string of the molecule is NCCC(=O)NCC1CCCCN1Cc1cc(-c2ccccc2)on1. The molecule has 1 atom stereocenters. The van der Waals surface area contributed by atoms with Crippen molar-refractivity contribution in [1.82, 2.24) is 15.4 Å². The number of rotatable bonds is 7. The van der Waals surface area contributed by atoms with Crippen LogP contribution in [0.4, 0.5) is 0 Å². The number of nitrogens with two attached hydrogens (primary N) is 1. The van der Waals surface area contributed by atoms with E-state index in [9.17, 15) is 4.79 Å². The van der Waals surface area contributed by atoms with Gasteiger partial charge in [-0.25, -0.2) is 0 Å². The number of hydrogen-bond donors (Lipinski definition) is 2. The minimum absolute atomic E-state index is 0.0285. The molecular weight excluding hydrogens is 316 g/mol. The predicted molar refractivity (Wildman–Crippen MR) is 96.7 cm³/mol. The lowest BCUT2D eigenvalue weighted by Gasteiger charge is -2.35. The van der Waals surface area contributed by atoms with Crippen molar-refractivity contribution < 1.29 is 9.32 Å². The Hall–Kier alpha value is -2.18. The van der Waals surface area contributed by atoms with Gasteiger partial charge in [0.1, 0.15) is 0 Å². The molecule has 1 aliphatic rings. The summed E-state index contributed by atoms with van der Waals surface area (Å²) in [5, 5.41) is 7.22. The second kappa shape index (κ2) is 8.78. The van der Waals surface area contributed by atoms with E-state index in [1.54, 1.807) is 0 Å². The fraction of sp³-hybridized carbons (Fsp3) is 0.474. The molecule has 3 N–H and O–H groups in total. The van der Waals surface area contributed by atoms with Crippen LogP contribution in [0.1, 0.15) is 31.4 Å². The van der Waals surface area contributed by atoms with Crippen LogP contribution in [0, 0.1) is 0 Å². The van der Waals surface area contributed by atoms with Gasteiger partial charge in [0.05, 0.1) is 5.69 Å². The number of hydrogen-bond acceptors (Lipinski definition) is 5. The van der Waals surface area contributed by atoms with Crippen LogP contribution in [0.2, 0.25) is 0 Å². The van der Waals surface area contributed by atoms with E-state index in [-0.39, 0.29) is 5.91 Å². The van der Waals surface area contributed by atoms with Gasteiger partial charge < -0.3 is 15.6 Å². The van der Waals surface area contributed by atoms with Crippen LogP contribution >= 0.6 is 0 Å². The van der Waals surface area contributed by atoms with Crippen LogP contribution in [0.25, 0.3) is 11.3 Å². The Labute approximate surface area is 148 Å². The second-order valence-electron chi connectivity index (χ2n) is 6.51. The summed E-state index contributed by atoms with van der Waals surface area (Å²) in [5.74, 6) is 0.821. The van der Waals surface area contributed by atoms with Crippen molar-refractivity contribution in [2.75, 3.05) is 19.6 Å². The minimum atomic E-state index is 0.0285. The first kappa shape index (κ1) is 17.6. The smallest absolute Gasteiger partial charge is 0.221 e. The highest BCUT2D eigenvalue weighted by molar-refractivity contribution is 5.76. The van der Waals surface area contributed by atoms with Gasteiger partial charge in [0.2, 0.25) is 5.91 Å². The van der Waals surface area contributed by atoms with Crippen molar-refractivity contribution in [2.24, 2.45) is 5.73 Å².